The van der Waals surface area contributed by atoms with Crippen LogP contribution in [0, 0.1) is 0 Å². The number of halogens is 3. The van der Waals surface area contributed by atoms with Crippen molar-refractivity contribution >= 4 is 39.1 Å². The fourth-order valence-corrected chi connectivity index (χ4v) is 3.34. The van der Waals surface area contributed by atoms with Crippen molar-refractivity contribution in [2.24, 2.45) is 0 Å². The molecule has 0 bridgehead atoms. The van der Waals surface area contributed by atoms with Gasteiger partial charge in [-0.3, -0.25) is 0 Å². The Morgan fingerprint density at radius 3 is 2.56 bits per heavy atom. The van der Waals surface area contributed by atoms with Crippen LogP contribution >= 0.6 is 39.1 Å². The number of hydrogen-bond acceptors (Lipinski definition) is 2. The van der Waals surface area contributed by atoms with E-state index in [1.165, 1.54) is 0 Å². The normalized spacial score (nSPS) is 31.8. The van der Waals surface area contributed by atoms with Crippen LogP contribution in [0.2, 0.25) is 10.0 Å². The van der Waals surface area contributed by atoms with Crippen LogP contribution in [0.15, 0.2) is 18.2 Å². The lowest BCUT2D eigenvalue weighted by Gasteiger charge is -2.27. The first kappa shape index (κ1) is 14.6. The summed E-state index contributed by atoms with van der Waals surface area (Å²) in [6.07, 6.45) is 1.02. The number of ether oxygens (including phenoxy) is 2. The van der Waals surface area contributed by atoms with Gasteiger partial charge in [-0.2, -0.15) is 0 Å². The fraction of sp³-hybridized carbons (Fsp3) is 0.538. The van der Waals surface area contributed by atoms with Crippen molar-refractivity contribution in [3.63, 3.8) is 0 Å². The maximum absolute atomic E-state index is 6.25. The highest BCUT2D eigenvalue weighted by Crippen LogP contribution is 2.43. The summed E-state index contributed by atoms with van der Waals surface area (Å²) in [4.78, 5) is 0. The Bertz CT molecular complexity index is 441. The Morgan fingerprint density at radius 1 is 1.33 bits per heavy atom. The topological polar surface area (TPSA) is 18.5 Å². The summed E-state index contributed by atoms with van der Waals surface area (Å²) < 4.78 is 12.1. The monoisotopic (exact) mass is 352 g/mol. The molecule has 18 heavy (non-hydrogen) atoms. The minimum absolute atomic E-state index is 0.0410. The molecule has 1 unspecified atom stereocenters. The lowest BCUT2D eigenvalue weighted by atomic mass is 10.1. The molecular formula is C13H15BrCl2O2. The highest BCUT2D eigenvalue weighted by atomic mass is 79.9. The molecule has 0 spiro atoms. The molecule has 1 fully saturated rings. The van der Waals surface area contributed by atoms with E-state index in [-0.39, 0.29) is 12.2 Å². The van der Waals surface area contributed by atoms with E-state index in [0.717, 1.165) is 12.0 Å². The molecule has 3 atom stereocenters. The molecule has 2 rings (SSSR count). The molecule has 1 aliphatic heterocycles. The summed E-state index contributed by atoms with van der Waals surface area (Å²) in [5.41, 5.74) is 0.813. The third-order valence-electron chi connectivity index (χ3n) is 3.16. The maximum atomic E-state index is 6.25. The van der Waals surface area contributed by atoms with Gasteiger partial charge in [0.25, 0.3) is 0 Å². The van der Waals surface area contributed by atoms with Crippen molar-refractivity contribution < 1.29 is 9.47 Å². The quantitative estimate of drug-likeness (QED) is 0.729. The van der Waals surface area contributed by atoms with Crippen LogP contribution in [0.25, 0.3) is 0 Å². The zero-order valence-corrected chi connectivity index (χ0v) is 13.3. The Balaban J connectivity index is 2.39. The largest absolute Gasteiger partial charge is 0.339 e. The van der Waals surface area contributed by atoms with Gasteiger partial charge in [0, 0.05) is 10.6 Å². The second-order valence-corrected chi connectivity index (χ2v) is 5.80. The molecule has 0 saturated carbocycles. The van der Waals surface area contributed by atoms with E-state index in [1.807, 2.05) is 13.0 Å². The zero-order valence-electron chi connectivity index (χ0n) is 10.3. The lowest BCUT2D eigenvalue weighted by molar-refractivity contribution is -0.163. The standard InChI is InChI=1S/C13H15BrCl2O2/c1-3-12-8(2)17-13(7-14,18-12)10-5-4-9(15)6-11(10)16/h4-6,8,12H,3,7H2,1-2H3/t8-,12-,13?/m0/s1. The van der Waals surface area contributed by atoms with Crippen molar-refractivity contribution in [1.29, 1.82) is 0 Å². The van der Waals surface area contributed by atoms with Crippen molar-refractivity contribution in [2.75, 3.05) is 5.33 Å². The molecule has 1 saturated heterocycles. The van der Waals surface area contributed by atoms with Gasteiger partial charge in [-0.05, 0) is 25.5 Å². The third kappa shape index (κ3) is 2.56. The summed E-state index contributed by atoms with van der Waals surface area (Å²) in [6.45, 7) is 4.10. The first-order chi connectivity index (χ1) is 8.52. The second kappa shape index (κ2) is 5.68. The van der Waals surface area contributed by atoms with E-state index >= 15 is 0 Å². The minimum atomic E-state index is -0.818. The first-order valence-electron chi connectivity index (χ1n) is 5.89. The average molecular weight is 354 g/mol. The molecule has 0 amide bonds. The molecule has 1 aliphatic rings. The molecule has 0 N–H and O–H groups in total. The molecule has 1 aromatic carbocycles. The van der Waals surface area contributed by atoms with Crippen molar-refractivity contribution in [3.05, 3.63) is 33.8 Å². The minimum Gasteiger partial charge on any atom is -0.339 e. The van der Waals surface area contributed by atoms with Gasteiger partial charge >= 0.3 is 0 Å². The van der Waals surface area contributed by atoms with Gasteiger partial charge in [0.1, 0.15) is 0 Å². The summed E-state index contributed by atoms with van der Waals surface area (Å²) >= 11 is 15.6. The van der Waals surface area contributed by atoms with Gasteiger partial charge in [-0.25, -0.2) is 0 Å². The molecule has 0 radical (unpaired) electrons. The summed E-state index contributed by atoms with van der Waals surface area (Å²) in [6, 6.07) is 5.36. The molecule has 1 aromatic rings. The second-order valence-electron chi connectivity index (χ2n) is 4.40. The van der Waals surface area contributed by atoms with Gasteiger partial charge < -0.3 is 9.47 Å². The van der Waals surface area contributed by atoms with Crippen molar-refractivity contribution in [2.45, 2.75) is 38.3 Å². The summed E-state index contributed by atoms with van der Waals surface area (Å²) in [5.74, 6) is -0.818. The summed E-state index contributed by atoms with van der Waals surface area (Å²) in [5, 5.41) is 1.69. The van der Waals surface area contributed by atoms with E-state index in [1.54, 1.807) is 12.1 Å². The maximum Gasteiger partial charge on any atom is 0.206 e. The average Bonchev–Trinajstić information content (AvgIpc) is 2.67. The van der Waals surface area contributed by atoms with Crippen LogP contribution in [0.5, 0.6) is 0 Å². The van der Waals surface area contributed by atoms with E-state index in [2.05, 4.69) is 22.9 Å². The lowest BCUT2D eigenvalue weighted by Crippen LogP contribution is -2.30. The smallest absolute Gasteiger partial charge is 0.206 e. The molecule has 2 nitrogen and oxygen atoms in total. The molecule has 100 valence electrons. The number of rotatable bonds is 3. The molecule has 5 heteroatoms. The predicted molar refractivity (Wildman–Crippen MR) is 77.6 cm³/mol. The summed E-state index contributed by atoms with van der Waals surface area (Å²) in [7, 11) is 0. The molecule has 1 heterocycles. The van der Waals surface area contributed by atoms with Crippen molar-refractivity contribution in [3.8, 4) is 0 Å². The number of hydrogen-bond donors (Lipinski definition) is 0. The van der Waals surface area contributed by atoms with E-state index < -0.39 is 5.79 Å². The predicted octanol–water partition coefficient (Wildman–Crippen LogP) is 4.76. The highest BCUT2D eigenvalue weighted by Gasteiger charge is 2.46. The van der Waals surface area contributed by atoms with Gasteiger partial charge in [0.2, 0.25) is 5.79 Å². The van der Waals surface area contributed by atoms with E-state index in [4.69, 9.17) is 32.7 Å². The van der Waals surface area contributed by atoms with E-state index in [9.17, 15) is 0 Å². The van der Waals surface area contributed by atoms with Crippen LogP contribution in [-0.4, -0.2) is 17.5 Å². The van der Waals surface area contributed by atoms with Crippen LogP contribution in [-0.2, 0) is 15.3 Å². The van der Waals surface area contributed by atoms with Crippen LogP contribution in [0.1, 0.15) is 25.8 Å². The van der Waals surface area contributed by atoms with Crippen LogP contribution in [0.4, 0.5) is 0 Å². The Hall–Kier alpha value is 0.200. The molecule has 0 aromatic heterocycles. The number of benzene rings is 1. The van der Waals surface area contributed by atoms with Gasteiger partial charge in [0.15, 0.2) is 0 Å². The van der Waals surface area contributed by atoms with E-state index in [0.29, 0.717) is 15.4 Å². The highest BCUT2D eigenvalue weighted by molar-refractivity contribution is 9.09. The Labute approximate surface area is 126 Å². The Kier molecular flexibility index (Phi) is 4.61. The fourth-order valence-electron chi connectivity index (χ4n) is 2.22. The Morgan fingerprint density at radius 2 is 2.06 bits per heavy atom. The van der Waals surface area contributed by atoms with Crippen LogP contribution in [0.3, 0.4) is 0 Å². The molecular weight excluding hydrogens is 339 g/mol. The SMILES string of the molecule is CC[C@@H]1OC(CBr)(c2ccc(Cl)cc2Cl)O[C@H]1C. The van der Waals surface area contributed by atoms with Gasteiger partial charge in [-0.15, -0.1) is 0 Å². The first-order valence-corrected chi connectivity index (χ1v) is 7.77. The third-order valence-corrected chi connectivity index (χ3v) is 4.45. The van der Waals surface area contributed by atoms with Crippen molar-refractivity contribution in [1.82, 2.24) is 0 Å². The van der Waals surface area contributed by atoms with Crippen LogP contribution < -0.4 is 0 Å². The number of alkyl halides is 1. The van der Waals surface area contributed by atoms with Gasteiger partial charge in [-0.1, -0.05) is 52.1 Å². The molecule has 0 aliphatic carbocycles. The zero-order chi connectivity index (χ0) is 13.3. The van der Waals surface area contributed by atoms with Gasteiger partial charge in [0.05, 0.1) is 22.6 Å².